The van der Waals surface area contributed by atoms with Crippen molar-refractivity contribution < 1.29 is 9.53 Å². The van der Waals surface area contributed by atoms with Crippen LogP contribution in [-0.4, -0.2) is 40.1 Å². The first-order valence-electron chi connectivity index (χ1n) is 9.05. The summed E-state index contributed by atoms with van der Waals surface area (Å²) in [5.74, 6) is 1.38. The predicted molar refractivity (Wildman–Crippen MR) is 110 cm³/mol. The first-order valence-corrected chi connectivity index (χ1v) is 9.43. The van der Waals surface area contributed by atoms with Crippen molar-refractivity contribution in [1.82, 2.24) is 15.0 Å². The Labute approximate surface area is 172 Å². The standard InChI is InChI=1S/C20H19ClN6O2/c21-15-4-6-16(7-5-15)29-17-10-27(11-17)20-25-12-24-19(26-20)23-9-13-2-1-3-14(8-13)18(22)28/h1-8,12,17H,9-11H2,(H2,22,28)(H,23,24,25,26). The highest BCUT2D eigenvalue weighted by Gasteiger charge is 2.30. The van der Waals surface area contributed by atoms with Gasteiger partial charge < -0.3 is 20.7 Å². The van der Waals surface area contributed by atoms with Gasteiger partial charge >= 0.3 is 0 Å². The number of nitrogens with zero attached hydrogens (tertiary/aromatic N) is 4. The van der Waals surface area contributed by atoms with Crippen LogP contribution in [0.2, 0.25) is 5.02 Å². The topological polar surface area (TPSA) is 106 Å². The number of aromatic nitrogens is 3. The molecule has 0 bridgehead atoms. The lowest BCUT2D eigenvalue weighted by molar-refractivity contribution is 0.1000. The second kappa shape index (κ2) is 8.32. The van der Waals surface area contributed by atoms with E-state index >= 15 is 0 Å². The Morgan fingerprint density at radius 2 is 2.00 bits per heavy atom. The molecular weight excluding hydrogens is 392 g/mol. The van der Waals surface area contributed by atoms with Crippen LogP contribution >= 0.6 is 11.6 Å². The molecule has 3 aromatic rings. The average molecular weight is 411 g/mol. The minimum absolute atomic E-state index is 0.0703. The molecule has 0 unspecified atom stereocenters. The number of anilines is 2. The van der Waals surface area contributed by atoms with Crippen LogP contribution < -0.4 is 20.7 Å². The highest BCUT2D eigenvalue weighted by molar-refractivity contribution is 6.30. The molecular formula is C20H19ClN6O2. The maximum Gasteiger partial charge on any atom is 0.248 e. The monoisotopic (exact) mass is 410 g/mol. The number of carbonyl (C=O) groups excluding carboxylic acids is 1. The summed E-state index contributed by atoms with van der Waals surface area (Å²) in [5, 5.41) is 3.82. The zero-order chi connectivity index (χ0) is 20.2. The van der Waals surface area contributed by atoms with Gasteiger partial charge in [0.2, 0.25) is 17.8 Å². The number of amides is 1. The Bertz CT molecular complexity index is 1010. The molecule has 4 rings (SSSR count). The Morgan fingerprint density at radius 3 is 2.76 bits per heavy atom. The fraction of sp³-hybridized carbons (Fsp3) is 0.200. The molecule has 1 amide bonds. The van der Waals surface area contributed by atoms with E-state index in [1.54, 1.807) is 30.3 Å². The largest absolute Gasteiger partial charge is 0.487 e. The van der Waals surface area contributed by atoms with Gasteiger partial charge in [-0.05, 0) is 42.0 Å². The van der Waals surface area contributed by atoms with Crippen molar-refractivity contribution in [2.24, 2.45) is 5.73 Å². The van der Waals surface area contributed by atoms with Crippen LogP contribution in [0.3, 0.4) is 0 Å². The molecule has 3 N–H and O–H groups in total. The van der Waals surface area contributed by atoms with E-state index < -0.39 is 5.91 Å². The number of hydrogen-bond donors (Lipinski definition) is 2. The molecule has 0 atom stereocenters. The number of nitrogens with two attached hydrogens (primary N) is 1. The summed E-state index contributed by atoms with van der Waals surface area (Å²) in [6.45, 7) is 1.84. The lowest BCUT2D eigenvalue weighted by atomic mass is 10.1. The number of rotatable bonds is 7. The van der Waals surface area contributed by atoms with E-state index in [-0.39, 0.29) is 6.10 Å². The number of benzene rings is 2. The summed E-state index contributed by atoms with van der Waals surface area (Å²) in [7, 11) is 0. The molecule has 2 heterocycles. The van der Waals surface area contributed by atoms with Crippen molar-refractivity contribution in [3.05, 3.63) is 71.0 Å². The summed E-state index contributed by atoms with van der Waals surface area (Å²) < 4.78 is 5.90. The molecule has 0 saturated carbocycles. The van der Waals surface area contributed by atoms with Crippen LogP contribution in [0.15, 0.2) is 54.9 Å². The number of ether oxygens (including phenoxy) is 1. The second-order valence-electron chi connectivity index (χ2n) is 6.63. The van der Waals surface area contributed by atoms with Crippen molar-refractivity contribution in [3.63, 3.8) is 0 Å². The molecule has 1 aliphatic rings. The van der Waals surface area contributed by atoms with E-state index in [1.165, 1.54) is 6.33 Å². The van der Waals surface area contributed by atoms with Crippen molar-refractivity contribution in [2.45, 2.75) is 12.6 Å². The van der Waals surface area contributed by atoms with E-state index in [0.717, 1.165) is 11.3 Å². The van der Waals surface area contributed by atoms with Crippen LogP contribution in [0.25, 0.3) is 0 Å². The maximum absolute atomic E-state index is 11.3. The molecule has 29 heavy (non-hydrogen) atoms. The van der Waals surface area contributed by atoms with Crippen LogP contribution in [0, 0.1) is 0 Å². The first-order chi connectivity index (χ1) is 14.1. The number of hydrogen-bond acceptors (Lipinski definition) is 7. The van der Waals surface area contributed by atoms with E-state index in [2.05, 4.69) is 20.3 Å². The van der Waals surface area contributed by atoms with Crippen LogP contribution in [0.5, 0.6) is 5.75 Å². The third kappa shape index (κ3) is 4.72. The van der Waals surface area contributed by atoms with Gasteiger partial charge in [0.25, 0.3) is 0 Å². The van der Waals surface area contributed by atoms with Crippen LogP contribution in [-0.2, 0) is 6.54 Å². The molecule has 0 aliphatic carbocycles. The number of carbonyl (C=O) groups is 1. The minimum atomic E-state index is -0.456. The molecule has 148 valence electrons. The Kier molecular flexibility index (Phi) is 5.44. The zero-order valence-electron chi connectivity index (χ0n) is 15.5. The summed E-state index contributed by atoms with van der Waals surface area (Å²) >= 11 is 5.89. The maximum atomic E-state index is 11.3. The van der Waals surface area contributed by atoms with Crippen molar-refractivity contribution >= 4 is 29.4 Å². The Hall–Kier alpha value is -3.39. The minimum Gasteiger partial charge on any atom is -0.487 e. The van der Waals surface area contributed by atoms with Gasteiger partial charge in [0.05, 0.1) is 13.1 Å². The van der Waals surface area contributed by atoms with Crippen LogP contribution in [0.1, 0.15) is 15.9 Å². The molecule has 1 saturated heterocycles. The molecule has 0 radical (unpaired) electrons. The molecule has 8 nitrogen and oxygen atoms in total. The van der Waals surface area contributed by atoms with E-state index in [1.807, 2.05) is 23.1 Å². The zero-order valence-corrected chi connectivity index (χ0v) is 16.2. The van der Waals surface area contributed by atoms with Gasteiger partial charge in [-0.1, -0.05) is 23.7 Å². The highest BCUT2D eigenvalue weighted by atomic mass is 35.5. The fourth-order valence-electron chi connectivity index (χ4n) is 2.92. The summed E-state index contributed by atoms with van der Waals surface area (Å²) in [6.07, 6.45) is 1.54. The lowest BCUT2D eigenvalue weighted by Crippen LogP contribution is -2.54. The normalized spacial score (nSPS) is 13.6. The van der Waals surface area contributed by atoms with Crippen molar-refractivity contribution in [1.29, 1.82) is 0 Å². The summed E-state index contributed by atoms with van der Waals surface area (Å²) in [4.78, 5) is 26.1. The van der Waals surface area contributed by atoms with E-state index in [9.17, 15) is 4.79 Å². The molecule has 1 aromatic heterocycles. The highest BCUT2D eigenvalue weighted by Crippen LogP contribution is 2.23. The number of nitrogens with one attached hydrogen (secondary N) is 1. The predicted octanol–water partition coefficient (Wildman–Crippen LogP) is 2.50. The van der Waals surface area contributed by atoms with Gasteiger partial charge in [0.1, 0.15) is 18.2 Å². The molecule has 9 heteroatoms. The summed E-state index contributed by atoms with van der Waals surface area (Å²) in [5.41, 5.74) is 6.69. The quantitative estimate of drug-likeness (QED) is 0.616. The van der Waals surface area contributed by atoms with Crippen LogP contribution in [0.4, 0.5) is 11.9 Å². The molecule has 1 aliphatic heterocycles. The Morgan fingerprint density at radius 1 is 1.21 bits per heavy atom. The van der Waals surface area contributed by atoms with Gasteiger partial charge in [0.15, 0.2) is 0 Å². The van der Waals surface area contributed by atoms with E-state index in [4.69, 9.17) is 22.1 Å². The second-order valence-corrected chi connectivity index (χ2v) is 7.06. The third-order valence-corrected chi connectivity index (χ3v) is 4.72. The first kappa shape index (κ1) is 18.9. The average Bonchev–Trinajstić information content (AvgIpc) is 2.70. The number of halogens is 1. The fourth-order valence-corrected chi connectivity index (χ4v) is 3.05. The van der Waals surface area contributed by atoms with E-state index in [0.29, 0.717) is 42.1 Å². The SMILES string of the molecule is NC(=O)c1cccc(CNc2ncnc(N3CC(Oc4ccc(Cl)cc4)C3)n2)c1. The third-order valence-electron chi connectivity index (χ3n) is 4.47. The lowest BCUT2D eigenvalue weighted by Gasteiger charge is -2.38. The Balaban J connectivity index is 1.32. The van der Waals surface area contributed by atoms with Gasteiger partial charge in [-0.3, -0.25) is 4.79 Å². The number of primary amides is 1. The van der Waals surface area contributed by atoms with Crippen molar-refractivity contribution in [2.75, 3.05) is 23.3 Å². The molecule has 2 aromatic carbocycles. The van der Waals surface area contributed by atoms with Gasteiger partial charge in [-0.25, -0.2) is 9.97 Å². The van der Waals surface area contributed by atoms with Gasteiger partial charge in [0, 0.05) is 17.1 Å². The summed E-state index contributed by atoms with van der Waals surface area (Å²) in [6, 6.07) is 14.4. The van der Waals surface area contributed by atoms with Gasteiger partial charge in [-0.15, -0.1) is 0 Å². The van der Waals surface area contributed by atoms with Gasteiger partial charge in [-0.2, -0.15) is 4.98 Å². The smallest absolute Gasteiger partial charge is 0.248 e. The molecule has 0 spiro atoms. The van der Waals surface area contributed by atoms with Crippen molar-refractivity contribution in [3.8, 4) is 5.75 Å². The molecule has 1 fully saturated rings.